The van der Waals surface area contributed by atoms with Gasteiger partial charge in [-0.25, -0.2) is 18.9 Å². The van der Waals surface area contributed by atoms with Crippen LogP contribution in [0.2, 0.25) is 0 Å². The van der Waals surface area contributed by atoms with Gasteiger partial charge in [-0.3, -0.25) is 0 Å². The molecule has 3 N–H and O–H groups in total. The number of anilines is 1. The number of aromatic nitrogens is 5. The van der Waals surface area contributed by atoms with Crippen LogP contribution in [-0.2, 0) is 0 Å². The van der Waals surface area contributed by atoms with Gasteiger partial charge < -0.3 is 10.7 Å². The van der Waals surface area contributed by atoms with Crippen molar-refractivity contribution in [2.75, 3.05) is 5.73 Å². The first-order valence-corrected chi connectivity index (χ1v) is 6.57. The van der Waals surface area contributed by atoms with Crippen molar-refractivity contribution in [2.24, 2.45) is 0 Å². The third-order valence-corrected chi connectivity index (χ3v) is 3.49. The molecule has 0 aliphatic rings. The highest BCUT2D eigenvalue weighted by Gasteiger charge is 2.14. The molecule has 4 rings (SSSR count). The van der Waals surface area contributed by atoms with E-state index in [-0.39, 0.29) is 0 Å². The van der Waals surface area contributed by atoms with Crippen molar-refractivity contribution in [1.29, 1.82) is 0 Å². The van der Waals surface area contributed by atoms with Crippen molar-refractivity contribution in [3.05, 3.63) is 48.7 Å². The SMILES string of the molecule is C=Cc1cc2c(N)nc(-c3c[nH]c4ncc(F)cc34)nn2c1. The van der Waals surface area contributed by atoms with Gasteiger partial charge in [-0.05, 0) is 17.7 Å². The molecule has 7 heteroatoms. The van der Waals surface area contributed by atoms with E-state index in [0.717, 1.165) is 11.8 Å². The summed E-state index contributed by atoms with van der Waals surface area (Å²) in [5.74, 6) is 0.323. The highest BCUT2D eigenvalue weighted by atomic mass is 19.1. The Balaban J connectivity index is 1.99. The molecule has 0 radical (unpaired) electrons. The Labute approximate surface area is 124 Å². The first kappa shape index (κ1) is 12.5. The zero-order chi connectivity index (χ0) is 15.3. The van der Waals surface area contributed by atoms with E-state index < -0.39 is 5.82 Å². The Kier molecular flexibility index (Phi) is 2.50. The van der Waals surface area contributed by atoms with Crippen LogP contribution in [0.4, 0.5) is 10.2 Å². The molecule has 0 aromatic carbocycles. The number of H-pyrrole nitrogens is 1. The Bertz CT molecular complexity index is 1030. The number of nitrogens with zero attached hydrogens (tertiary/aromatic N) is 4. The molecular weight excluding hydrogens is 283 g/mol. The Morgan fingerprint density at radius 1 is 1.36 bits per heavy atom. The molecule has 0 bridgehead atoms. The number of pyridine rings is 1. The number of halogens is 1. The predicted molar refractivity (Wildman–Crippen MR) is 82.5 cm³/mol. The van der Waals surface area contributed by atoms with E-state index in [1.807, 2.05) is 6.07 Å². The van der Waals surface area contributed by atoms with Crippen molar-refractivity contribution < 1.29 is 4.39 Å². The Morgan fingerprint density at radius 3 is 3.05 bits per heavy atom. The molecule has 0 unspecified atom stereocenters. The maximum Gasteiger partial charge on any atom is 0.184 e. The molecule has 4 aromatic rings. The van der Waals surface area contributed by atoms with Crippen LogP contribution in [0.5, 0.6) is 0 Å². The van der Waals surface area contributed by atoms with Crippen LogP contribution in [0.3, 0.4) is 0 Å². The molecule has 22 heavy (non-hydrogen) atoms. The summed E-state index contributed by atoms with van der Waals surface area (Å²) in [6, 6.07) is 3.24. The van der Waals surface area contributed by atoms with Crippen molar-refractivity contribution in [3.8, 4) is 11.4 Å². The second-order valence-corrected chi connectivity index (χ2v) is 4.88. The second kappa shape index (κ2) is 4.39. The number of hydrogen-bond acceptors (Lipinski definition) is 4. The number of aromatic amines is 1. The van der Waals surface area contributed by atoms with Crippen molar-refractivity contribution >= 4 is 28.4 Å². The normalized spacial score (nSPS) is 11.3. The van der Waals surface area contributed by atoms with Gasteiger partial charge in [0, 0.05) is 23.3 Å². The minimum Gasteiger partial charge on any atom is -0.382 e. The highest BCUT2D eigenvalue weighted by Crippen LogP contribution is 2.27. The van der Waals surface area contributed by atoms with Gasteiger partial charge in [0.25, 0.3) is 0 Å². The van der Waals surface area contributed by atoms with Gasteiger partial charge in [-0.15, -0.1) is 5.10 Å². The number of fused-ring (bicyclic) bond motifs is 2. The molecule has 0 saturated heterocycles. The molecule has 0 atom stereocenters. The molecular formula is C15H11FN6. The van der Waals surface area contributed by atoms with Crippen LogP contribution >= 0.6 is 0 Å². The van der Waals surface area contributed by atoms with E-state index in [4.69, 9.17) is 5.73 Å². The molecule has 4 aromatic heterocycles. The smallest absolute Gasteiger partial charge is 0.184 e. The second-order valence-electron chi connectivity index (χ2n) is 4.88. The van der Waals surface area contributed by atoms with Gasteiger partial charge in [0.2, 0.25) is 0 Å². The highest BCUT2D eigenvalue weighted by molar-refractivity contribution is 5.91. The predicted octanol–water partition coefficient (Wildman–Crippen LogP) is 2.64. The zero-order valence-electron chi connectivity index (χ0n) is 11.4. The summed E-state index contributed by atoms with van der Waals surface area (Å²) < 4.78 is 15.1. The summed E-state index contributed by atoms with van der Waals surface area (Å²) in [5.41, 5.74) is 8.80. The summed E-state index contributed by atoms with van der Waals surface area (Å²) >= 11 is 0. The topological polar surface area (TPSA) is 84.9 Å². The fraction of sp³-hybridized carbons (Fsp3) is 0. The van der Waals surface area contributed by atoms with Gasteiger partial charge in [0.05, 0.1) is 6.20 Å². The number of nitrogens with two attached hydrogens (primary N) is 1. The Morgan fingerprint density at radius 2 is 2.23 bits per heavy atom. The van der Waals surface area contributed by atoms with E-state index in [1.54, 1.807) is 23.0 Å². The van der Waals surface area contributed by atoms with E-state index in [1.165, 1.54) is 6.07 Å². The standard InChI is InChI=1S/C15H11FN6/c1-2-8-3-12-13(17)20-15(21-22(12)7-8)11-6-19-14-10(11)4-9(16)5-18-14/h2-7H,1H2,(H,18,19)(H2,17,20,21). The quantitative estimate of drug-likeness (QED) is 0.595. The molecule has 0 aliphatic heterocycles. The fourth-order valence-electron chi connectivity index (χ4n) is 2.43. The summed E-state index contributed by atoms with van der Waals surface area (Å²) in [7, 11) is 0. The number of nitrogens with one attached hydrogen (secondary N) is 1. The first-order valence-electron chi connectivity index (χ1n) is 6.57. The minimum atomic E-state index is -0.419. The minimum absolute atomic E-state index is 0.344. The van der Waals surface area contributed by atoms with Crippen LogP contribution < -0.4 is 5.73 Å². The third-order valence-electron chi connectivity index (χ3n) is 3.49. The van der Waals surface area contributed by atoms with Gasteiger partial charge in [0.15, 0.2) is 11.6 Å². The molecule has 0 aliphatic carbocycles. The Hall–Kier alpha value is -3.22. The van der Waals surface area contributed by atoms with Crippen LogP contribution in [0.25, 0.3) is 34.0 Å². The van der Waals surface area contributed by atoms with Crippen molar-refractivity contribution in [1.82, 2.24) is 24.6 Å². The van der Waals surface area contributed by atoms with Gasteiger partial charge >= 0.3 is 0 Å². The average Bonchev–Trinajstić information content (AvgIpc) is 3.10. The molecule has 4 heterocycles. The van der Waals surface area contributed by atoms with E-state index >= 15 is 0 Å². The van der Waals surface area contributed by atoms with Gasteiger partial charge in [-0.2, -0.15) is 0 Å². The summed E-state index contributed by atoms with van der Waals surface area (Å²) in [4.78, 5) is 11.3. The van der Waals surface area contributed by atoms with Crippen LogP contribution in [0.15, 0.2) is 37.3 Å². The molecule has 108 valence electrons. The molecule has 0 amide bonds. The van der Waals surface area contributed by atoms with E-state index in [0.29, 0.717) is 33.8 Å². The zero-order valence-corrected chi connectivity index (χ0v) is 11.4. The summed E-state index contributed by atoms with van der Waals surface area (Å²) in [6.07, 6.45) is 6.36. The fourth-order valence-corrected chi connectivity index (χ4v) is 2.43. The lowest BCUT2D eigenvalue weighted by Gasteiger charge is -2.02. The lowest BCUT2D eigenvalue weighted by atomic mass is 10.2. The van der Waals surface area contributed by atoms with Crippen LogP contribution in [-0.4, -0.2) is 24.6 Å². The number of nitrogen functional groups attached to an aromatic ring is 1. The number of hydrogen-bond donors (Lipinski definition) is 2. The summed E-state index contributed by atoms with van der Waals surface area (Å²) in [5, 5.41) is 5.04. The average molecular weight is 294 g/mol. The lowest BCUT2D eigenvalue weighted by molar-refractivity contribution is 0.624. The molecule has 0 saturated carbocycles. The largest absolute Gasteiger partial charge is 0.382 e. The molecule has 0 spiro atoms. The number of rotatable bonds is 2. The summed E-state index contributed by atoms with van der Waals surface area (Å²) in [6.45, 7) is 3.72. The van der Waals surface area contributed by atoms with Crippen LogP contribution in [0.1, 0.15) is 5.56 Å². The monoisotopic (exact) mass is 294 g/mol. The van der Waals surface area contributed by atoms with E-state index in [9.17, 15) is 4.39 Å². The van der Waals surface area contributed by atoms with Crippen molar-refractivity contribution in [2.45, 2.75) is 0 Å². The first-order chi connectivity index (χ1) is 10.7. The van der Waals surface area contributed by atoms with Crippen LogP contribution in [0, 0.1) is 5.82 Å². The molecule has 0 fully saturated rings. The van der Waals surface area contributed by atoms with Gasteiger partial charge in [-0.1, -0.05) is 12.7 Å². The van der Waals surface area contributed by atoms with E-state index in [2.05, 4.69) is 26.6 Å². The maximum absolute atomic E-state index is 13.4. The maximum atomic E-state index is 13.4. The third kappa shape index (κ3) is 1.76. The lowest BCUT2D eigenvalue weighted by Crippen LogP contribution is -2.02. The molecule has 6 nitrogen and oxygen atoms in total. The van der Waals surface area contributed by atoms with Crippen molar-refractivity contribution in [3.63, 3.8) is 0 Å². The van der Waals surface area contributed by atoms with Gasteiger partial charge in [0.1, 0.15) is 17.0 Å².